The molecule has 1 N–H and O–H groups in total. The number of pyridine rings is 1. The Bertz CT molecular complexity index is 1100. The van der Waals surface area contributed by atoms with Gasteiger partial charge in [0.05, 0.1) is 22.5 Å². The first kappa shape index (κ1) is 23.8. The van der Waals surface area contributed by atoms with Crippen LogP contribution in [-0.4, -0.2) is 36.4 Å². The Hall–Kier alpha value is -2.88. The average Bonchev–Trinajstić information content (AvgIpc) is 2.80. The molecule has 1 amide bonds. The first-order valence-electron chi connectivity index (χ1n) is 10.4. The zero-order valence-electron chi connectivity index (χ0n) is 18.3. The van der Waals surface area contributed by atoms with Gasteiger partial charge in [0.15, 0.2) is 18.1 Å². The van der Waals surface area contributed by atoms with Gasteiger partial charge in [0.25, 0.3) is 5.91 Å². The minimum Gasteiger partial charge on any atom is -0.490 e. The number of fused-ring (bicyclic) bond motifs is 1. The zero-order chi connectivity index (χ0) is 22.9. The van der Waals surface area contributed by atoms with Gasteiger partial charge in [-0.3, -0.25) is 9.78 Å². The molecule has 1 aromatic heterocycles. The number of hydrogen-bond acceptors (Lipinski definition) is 6. The fourth-order valence-electron chi connectivity index (χ4n) is 2.87. The van der Waals surface area contributed by atoms with Gasteiger partial charge < -0.3 is 14.2 Å². The number of rotatable bonds is 10. The Morgan fingerprint density at radius 3 is 2.78 bits per heavy atom. The maximum atomic E-state index is 12.2. The number of nitrogens with one attached hydrogen (secondary N) is 1. The second-order valence-electron chi connectivity index (χ2n) is 7.01. The molecule has 0 bridgehead atoms. The summed E-state index contributed by atoms with van der Waals surface area (Å²) >= 11 is 2.21. The predicted molar refractivity (Wildman–Crippen MR) is 134 cm³/mol. The molecule has 1 heterocycles. The van der Waals surface area contributed by atoms with Crippen molar-refractivity contribution in [1.82, 2.24) is 10.4 Å². The monoisotopic (exact) mass is 547 g/mol. The number of aromatic nitrogens is 1. The summed E-state index contributed by atoms with van der Waals surface area (Å²) in [5.41, 5.74) is 3.98. The number of carbonyl (C=O) groups excluding carboxylic acids is 1. The van der Waals surface area contributed by atoms with Crippen LogP contribution >= 0.6 is 22.6 Å². The van der Waals surface area contributed by atoms with E-state index in [9.17, 15) is 4.79 Å². The van der Waals surface area contributed by atoms with Gasteiger partial charge in [-0.15, -0.1) is 0 Å². The smallest absolute Gasteiger partial charge is 0.277 e. The summed E-state index contributed by atoms with van der Waals surface area (Å²) in [6, 6.07) is 13.2. The lowest BCUT2D eigenvalue weighted by Crippen LogP contribution is -2.24. The summed E-state index contributed by atoms with van der Waals surface area (Å²) in [6.45, 7) is 6.36. The van der Waals surface area contributed by atoms with Gasteiger partial charge in [0.1, 0.15) is 11.3 Å². The lowest BCUT2D eigenvalue weighted by atomic mass is 10.2. The number of para-hydroxylation sites is 1. The molecule has 32 heavy (non-hydrogen) atoms. The summed E-state index contributed by atoms with van der Waals surface area (Å²) in [5, 5.41) is 4.99. The van der Waals surface area contributed by atoms with E-state index in [2.05, 4.69) is 45.0 Å². The highest BCUT2D eigenvalue weighted by atomic mass is 127. The van der Waals surface area contributed by atoms with Gasteiger partial charge in [0.2, 0.25) is 0 Å². The molecule has 0 saturated carbocycles. The molecule has 0 aliphatic heterocycles. The normalized spacial score (nSPS) is 12.0. The molecule has 2 aromatic carbocycles. The number of hydrazone groups is 1. The second-order valence-corrected chi connectivity index (χ2v) is 8.18. The van der Waals surface area contributed by atoms with Crippen molar-refractivity contribution in [3.63, 3.8) is 0 Å². The minimum absolute atomic E-state index is 0.0819. The van der Waals surface area contributed by atoms with Crippen molar-refractivity contribution >= 4 is 45.6 Å². The van der Waals surface area contributed by atoms with E-state index < -0.39 is 0 Å². The highest BCUT2D eigenvalue weighted by molar-refractivity contribution is 14.1. The van der Waals surface area contributed by atoms with Crippen LogP contribution in [0, 0.1) is 3.57 Å². The molecule has 0 aliphatic rings. The third kappa shape index (κ3) is 6.32. The van der Waals surface area contributed by atoms with Gasteiger partial charge >= 0.3 is 0 Å². The third-order valence-electron chi connectivity index (χ3n) is 4.58. The van der Waals surface area contributed by atoms with Crippen molar-refractivity contribution in [2.45, 2.75) is 33.3 Å². The fourth-order valence-corrected chi connectivity index (χ4v) is 3.62. The zero-order valence-corrected chi connectivity index (χ0v) is 20.5. The van der Waals surface area contributed by atoms with E-state index >= 15 is 0 Å². The van der Waals surface area contributed by atoms with Crippen molar-refractivity contribution in [3.05, 3.63) is 57.8 Å². The number of benzene rings is 2. The first-order valence-corrected chi connectivity index (χ1v) is 11.5. The molecule has 0 radical (unpaired) electrons. The van der Waals surface area contributed by atoms with Crippen LogP contribution < -0.4 is 19.6 Å². The Morgan fingerprint density at radius 1 is 1.19 bits per heavy atom. The van der Waals surface area contributed by atoms with Crippen LogP contribution in [0.4, 0.5) is 0 Å². The van der Waals surface area contributed by atoms with E-state index in [4.69, 9.17) is 14.2 Å². The van der Waals surface area contributed by atoms with Gasteiger partial charge in [-0.2, -0.15) is 5.10 Å². The number of carbonyl (C=O) groups is 1. The quantitative estimate of drug-likeness (QED) is 0.221. The van der Waals surface area contributed by atoms with Crippen LogP contribution in [0.3, 0.4) is 0 Å². The highest BCUT2D eigenvalue weighted by Crippen LogP contribution is 2.35. The average molecular weight is 547 g/mol. The Morgan fingerprint density at radius 2 is 2.00 bits per heavy atom. The molecule has 8 heteroatoms. The van der Waals surface area contributed by atoms with Crippen molar-refractivity contribution in [2.24, 2.45) is 5.10 Å². The van der Waals surface area contributed by atoms with Crippen LogP contribution in [0.25, 0.3) is 10.9 Å². The van der Waals surface area contributed by atoms with Gasteiger partial charge in [-0.05, 0) is 72.7 Å². The standard InChI is InChI=1S/C24H26IN3O4/c1-4-16(3)32-24-19(25)12-17(13-21(24)30-5-2)14-27-28-22(29)15-31-20-10-6-8-18-9-7-11-26-23(18)20/h6-14,16H,4-5,15H2,1-3H3,(H,28,29)/b27-14+/t16-/m1/s1. The van der Waals surface area contributed by atoms with E-state index in [1.807, 2.05) is 50.2 Å². The number of amides is 1. The Labute approximate surface area is 201 Å². The van der Waals surface area contributed by atoms with E-state index in [0.717, 1.165) is 26.7 Å². The largest absolute Gasteiger partial charge is 0.490 e. The maximum absolute atomic E-state index is 12.2. The van der Waals surface area contributed by atoms with Crippen molar-refractivity contribution in [3.8, 4) is 17.2 Å². The van der Waals surface area contributed by atoms with Crippen LogP contribution in [-0.2, 0) is 4.79 Å². The van der Waals surface area contributed by atoms with E-state index in [-0.39, 0.29) is 18.6 Å². The Kier molecular flexibility index (Phi) is 8.66. The number of nitrogens with zero attached hydrogens (tertiary/aromatic N) is 2. The van der Waals surface area contributed by atoms with Crippen LogP contribution in [0.1, 0.15) is 32.8 Å². The van der Waals surface area contributed by atoms with Crippen molar-refractivity contribution in [1.29, 1.82) is 0 Å². The molecule has 168 valence electrons. The molecule has 0 aliphatic carbocycles. The molecule has 1 atom stereocenters. The summed E-state index contributed by atoms with van der Waals surface area (Å²) in [5.74, 6) is 1.56. The molecule has 3 aromatic rings. The minimum atomic E-state index is -0.370. The molecule has 7 nitrogen and oxygen atoms in total. The molecule has 0 unspecified atom stereocenters. The van der Waals surface area contributed by atoms with Gasteiger partial charge in [-0.1, -0.05) is 25.1 Å². The number of halogens is 1. The number of hydrogen-bond donors (Lipinski definition) is 1. The Balaban J connectivity index is 1.62. The van der Waals surface area contributed by atoms with E-state index in [0.29, 0.717) is 23.6 Å². The molecule has 0 spiro atoms. The van der Waals surface area contributed by atoms with Crippen LogP contribution in [0.15, 0.2) is 53.8 Å². The topological polar surface area (TPSA) is 82.0 Å². The SMILES string of the molecule is CCOc1cc(/C=N/NC(=O)COc2cccc3cccnc23)cc(I)c1O[C@H](C)CC. The van der Waals surface area contributed by atoms with Crippen LogP contribution in [0.2, 0.25) is 0 Å². The molecule has 3 rings (SSSR count). The molecular weight excluding hydrogens is 521 g/mol. The maximum Gasteiger partial charge on any atom is 0.277 e. The third-order valence-corrected chi connectivity index (χ3v) is 5.38. The van der Waals surface area contributed by atoms with Gasteiger partial charge in [0, 0.05) is 11.6 Å². The molecule has 0 saturated heterocycles. The summed E-state index contributed by atoms with van der Waals surface area (Å²) in [4.78, 5) is 16.5. The van der Waals surface area contributed by atoms with Crippen molar-refractivity contribution in [2.75, 3.05) is 13.2 Å². The van der Waals surface area contributed by atoms with Gasteiger partial charge in [-0.25, -0.2) is 5.43 Å². The van der Waals surface area contributed by atoms with Crippen LogP contribution in [0.5, 0.6) is 17.2 Å². The highest BCUT2D eigenvalue weighted by Gasteiger charge is 2.14. The lowest BCUT2D eigenvalue weighted by Gasteiger charge is -2.18. The summed E-state index contributed by atoms with van der Waals surface area (Å²) in [6.07, 6.45) is 4.23. The molecule has 0 fully saturated rings. The predicted octanol–water partition coefficient (Wildman–Crippen LogP) is 4.94. The molecular formula is C24H26IN3O4. The second kappa shape index (κ2) is 11.7. The summed E-state index contributed by atoms with van der Waals surface area (Å²) < 4.78 is 18.3. The van der Waals surface area contributed by atoms with Crippen molar-refractivity contribution < 1.29 is 19.0 Å². The lowest BCUT2D eigenvalue weighted by molar-refractivity contribution is -0.123. The summed E-state index contributed by atoms with van der Waals surface area (Å²) in [7, 11) is 0. The number of ether oxygens (including phenoxy) is 3. The van der Waals surface area contributed by atoms with E-state index in [1.54, 1.807) is 18.5 Å². The van der Waals surface area contributed by atoms with E-state index in [1.165, 1.54) is 0 Å². The fraction of sp³-hybridized carbons (Fsp3) is 0.292. The first-order chi connectivity index (χ1) is 15.5.